The van der Waals surface area contributed by atoms with E-state index in [9.17, 15) is 0 Å². The Morgan fingerprint density at radius 1 is 1.52 bits per heavy atom. The van der Waals surface area contributed by atoms with Gasteiger partial charge in [0.25, 0.3) is 0 Å². The zero-order valence-corrected chi connectivity index (χ0v) is 16.8. The van der Waals surface area contributed by atoms with Crippen molar-refractivity contribution < 1.29 is 9.26 Å². The number of guanidine groups is 1. The average Bonchev–Trinajstić information content (AvgIpc) is 3.21. The van der Waals surface area contributed by atoms with Gasteiger partial charge >= 0.3 is 0 Å². The van der Waals surface area contributed by atoms with Crippen LogP contribution in [-0.4, -0.2) is 45.6 Å². The van der Waals surface area contributed by atoms with Crippen LogP contribution < -0.4 is 10.6 Å². The molecule has 0 saturated carbocycles. The van der Waals surface area contributed by atoms with Crippen LogP contribution in [0.25, 0.3) is 0 Å². The summed E-state index contributed by atoms with van der Waals surface area (Å²) < 4.78 is 11.9. The van der Waals surface area contributed by atoms with Crippen LogP contribution in [0.5, 0.6) is 0 Å². The van der Waals surface area contributed by atoms with Crippen molar-refractivity contribution in [2.45, 2.75) is 45.5 Å². The second kappa shape index (κ2) is 9.70. The molecule has 1 unspecified atom stereocenters. The number of ether oxygens (including phenoxy) is 1. The fraction of sp³-hybridized carbons (Fsp3) is 0.600. The van der Waals surface area contributed by atoms with Gasteiger partial charge in [0.05, 0.1) is 13.1 Å². The van der Waals surface area contributed by atoms with E-state index in [1.807, 2.05) is 17.7 Å². The molecule has 0 fully saturated rings. The van der Waals surface area contributed by atoms with E-state index in [2.05, 4.69) is 30.9 Å². The maximum atomic E-state index is 5.10. The van der Waals surface area contributed by atoms with Gasteiger partial charge in [-0.15, -0.1) is 24.0 Å². The molecule has 1 aliphatic rings. The molecular weight excluding hydrogens is 437 g/mol. The van der Waals surface area contributed by atoms with Crippen molar-refractivity contribution in [3.05, 3.63) is 29.7 Å². The molecule has 1 atom stereocenters. The van der Waals surface area contributed by atoms with Crippen LogP contribution >= 0.6 is 24.0 Å². The van der Waals surface area contributed by atoms with E-state index < -0.39 is 0 Å². The lowest BCUT2D eigenvalue weighted by Crippen LogP contribution is -2.47. The molecule has 0 aliphatic carbocycles. The van der Waals surface area contributed by atoms with Gasteiger partial charge in [0, 0.05) is 32.2 Å². The van der Waals surface area contributed by atoms with Gasteiger partial charge in [0.1, 0.15) is 24.4 Å². The zero-order chi connectivity index (χ0) is 16.8. The van der Waals surface area contributed by atoms with Crippen LogP contribution in [0, 0.1) is 0 Å². The average molecular weight is 461 g/mol. The SMILES string of the molecule is CCNC(=NCc1ccon1)NC1CCc2nc(COC)nn2C1.I. The zero-order valence-electron chi connectivity index (χ0n) is 14.4. The van der Waals surface area contributed by atoms with Gasteiger partial charge in [-0.25, -0.2) is 14.7 Å². The van der Waals surface area contributed by atoms with Crippen molar-refractivity contribution in [3.8, 4) is 0 Å². The predicted molar refractivity (Wildman–Crippen MR) is 103 cm³/mol. The molecule has 25 heavy (non-hydrogen) atoms. The number of fused-ring (bicyclic) bond motifs is 1. The summed E-state index contributed by atoms with van der Waals surface area (Å²) in [4.78, 5) is 9.04. The molecule has 0 aromatic carbocycles. The van der Waals surface area contributed by atoms with Crippen LogP contribution in [0.1, 0.15) is 30.7 Å². The van der Waals surface area contributed by atoms with E-state index in [0.717, 1.165) is 49.2 Å². The van der Waals surface area contributed by atoms with Crippen LogP contribution in [0.4, 0.5) is 0 Å². The maximum Gasteiger partial charge on any atom is 0.191 e. The van der Waals surface area contributed by atoms with Gasteiger partial charge < -0.3 is 19.9 Å². The second-order valence-electron chi connectivity index (χ2n) is 5.63. The first-order valence-electron chi connectivity index (χ1n) is 8.14. The largest absolute Gasteiger partial charge is 0.377 e. The van der Waals surface area contributed by atoms with E-state index >= 15 is 0 Å². The lowest BCUT2D eigenvalue weighted by atomic mass is 10.1. The molecule has 0 radical (unpaired) electrons. The van der Waals surface area contributed by atoms with Crippen LogP contribution in [0.2, 0.25) is 0 Å². The van der Waals surface area contributed by atoms with E-state index in [4.69, 9.17) is 9.26 Å². The lowest BCUT2D eigenvalue weighted by Gasteiger charge is -2.25. The van der Waals surface area contributed by atoms with Gasteiger partial charge in [0.15, 0.2) is 11.8 Å². The smallest absolute Gasteiger partial charge is 0.191 e. The number of halogens is 1. The first kappa shape index (κ1) is 19.6. The molecule has 3 rings (SSSR count). The van der Waals surface area contributed by atoms with Crippen LogP contribution in [-0.2, 0) is 30.9 Å². The highest BCUT2D eigenvalue weighted by Crippen LogP contribution is 2.13. The van der Waals surface area contributed by atoms with Gasteiger partial charge in [0.2, 0.25) is 0 Å². The van der Waals surface area contributed by atoms with Crippen molar-refractivity contribution in [2.24, 2.45) is 4.99 Å². The highest BCUT2D eigenvalue weighted by Gasteiger charge is 2.22. The van der Waals surface area contributed by atoms with E-state index in [1.54, 1.807) is 13.4 Å². The standard InChI is InChI=1S/C15H23N7O2.HI/c1-3-16-15(17-8-11-6-7-24-21-11)18-12-4-5-14-19-13(10-23-2)20-22(14)9-12;/h6-7,12H,3-5,8-10H2,1-2H3,(H2,16,17,18);1H. The summed E-state index contributed by atoms with van der Waals surface area (Å²) in [5, 5.41) is 15.1. The summed E-state index contributed by atoms with van der Waals surface area (Å²) in [5.74, 6) is 2.52. The summed E-state index contributed by atoms with van der Waals surface area (Å²) in [5.41, 5.74) is 0.804. The molecule has 2 aromatic heterocycles. The predicted octanol–water partition coefficient (Wildman–Crippen LogP) is 1.10. The normalized spacial score (nSPS) is 16.9. The molecule has 1 aliphatic heterocycles. The molecule has 0 saturated heterocycles. The topological polar surface area (TPSA) is 102 Å². The highest BCUT2D eigenvalue weighted by atomic mass is 127. The Kier molecular flexibility index (Phi) is 7.62. The number of aromatic nitrogens is 4. The molecule has 9 nitrogen and oxygen atoms in total. The molecule has 10 heteroatoms. The Morgan fingerprint density at radius 2 is 2.40 bits per heavy atom. The first-order chi connectivity index (χ1) is 11.8. The number of aryl methyl sites for hydroxylation is 1. The number of nitrogens with zero attached hydrogens (tertiary/aromatic N) is 5. The highest BCUT2D eigenvalue weighted by molar-refractivity contribution is 14.0. The van der Waals surface area contributed by atoms with Crippen molar-refractivity contribution in [2.75, 3.05) is 13.7 Å². The van der Waals surface area contributed by atoms with Crippen molar-refractivity contribution in [1.82, 2.24) is 30.6 Å². The summed E-state index contributed by atoms with van der Waals surface area (Å²) in [6.45, 7) is 4.52. The van der Waals surface area contributed by atoms with Gasteiger partial charge in [-0.3, -0.25) is 0 Å². The van der Waals surface area contributed by atoms with Gasteiger partial charge in [-0.2, -0.15) is 5.10 Å². The number of hydrogen-bond donors (Lipinski definition) is 2. The third kappa shape index (κ3) is 5.39. The third-order valence-corrected chi connectivity index (χ3v) is 3.75. The third-order valence-electron chi connectivity index (χ3n) is 3.75. The number of nitrogens with one attached hydrogen (secondary N) is 2. The number of aliphatic imine (C=N–C) groups is 1. The molecular formula is C15H24IN7O2. The minimum atomic E-state index is 0. The van der Waals surface area contributed by atoms with E-state index in [0.29, 0.717) is 13.2 Å². The summed E-state index contributed by atoms with van der Waals surface area (Å²) in [6.07, 6.45) is 3.42. The van der Waals surface area contributed by atoms with Gasteiger partial charge in [-0.1, -0.05) is 5.16 Å². The quantitative estimate of drug-likeness (QED) is 0.378. The molecule has 2 N–H and O–H groups in total. The Morgan fingerprint density at radius 3 is 3.12 bits per heavy atom. The summed E-state index contributed by atoms with van der Waals surface area (Å²) in [6, 6.07) is 2.07. The van der Waals surface area contributed by atoms with Crippen LogP contribution in [0.15, 0.2) is 21.8 Å². The Balaban J connectivity index is 0.00000225. The minimum Gasteiger partial charge on any atom is -0.377 e. The second-order valence-corrected chi connectivity index (χ2v) is 5.63. The molecule has 0 amide bonds. The van der Waals surface area contributed by atoms with Crippen molar-refractivity contribution >= 4 is 29.9 Å². The van der Waals surface area contributed by atoms with E-state index in [-0.39, 0.29) is 30.0 Å². The monoisotopic (exact) mass is 461 g/mol. The molecule has 0 bridgehead atoms. The van der Waals surface area contributed by atoms with Crippen molar-refractivity contribution in [1.29, 1.82) is 0 Å². The summed E-state index contributed by atoms with van der Waals surface area (Å²) >= 11 is 0. The summed E-state index contributed by atoms with van der Waals surface area (Å²) in [7, 11) is 1.65. The fourth-order valence-corrected chi connectivity index (χ4v) is 2.66. The van der Waals surface area contributed by atoms with Crippen molar-refractivity contribution in [3.63, 3.8) is 0 Å². The lowest BCUT2D eigenvalue weighted by molar-refractivity contribution is 0.177. The first-order valence-corrected chi connectivity index (χ1v) is 8.14. The number of rotatable bonds is 6. The molecule has 3 heterocycles. The van der Waals surface area contributed by atoms with E-state index in [1.165, 1.54) is 0 Å². The Labute approximate surface area is 163 Å². The number of hydrogen-bond acceptors (Lipinski definition) is 6. The molecule has 138 valence electrons. The maximum absolute atomic E-state index is 5.10. The molecule has 2 aromatic rings. The Bertz CT molecular complexity index is 671. The Hall–Kier alpha value is -1.69. The minimum absolute atomic E-state index is 0. The molecule has 0 spiro atoms. The van der Waals surface area contributed by atoms with Gasteiger partial charge in [-0.05, 0) is 13.3 Å². The number of methoxy groups -OCH3 is 1. The van der Waals surface area contributed by atoms with Crippen LogP contribution in [0.3, 0.4) is 0 Å². The fourth-order valence-electron chi connectivity index (χ4n) is 2.66.